The Labute approximate surface area is 186 Å². The summed E-state index contributed by atoms with van der Waals surface area (Å²) in [5, 5.41) is 3.59. The number of rotatable bonds is 4. The average Bonchev–Trinajstić information content (AvgIpc) is 3.28. The summed E-state index contributed by atoms with van der Waals surface area (Å²) < 4.78 is 29.4. The Morgan fingerprint density at radius 2 is 2.00 bits per heavy atom. The molecule has 2 fully saturated rings. The van der Waals surface area contributed by atoms with Crippen LogP contribution in [0.25, 0.3) is 0 Å². The Bertz CT molecular complexity index is 841. The molecule has 3 rings (SSSR count). The lowest BCUT2D eigenvalue weighted by Gasteiger charge is -2.39. The van der Waals surface area contributed by atoms with E-state index < -0.39 is 14.6 Å². The highest BCUT2D eigenvalue weighted by atomic mass is 127. The Balaban J connectivity index is 0.00000280. The Morgan fingerprint density at radius 3 is 2.61 bits per heavy atom. The zero-order valence-electron chi connectivity index (χ0n) is 17.4. The van der Waals surface area contributed by atoms with E-state index in [1.165, 1.54) is 5.56 Å². The third kappa shape index (κ3) is 4.27. The van der Waals surface area contributed by atoms with Gasteiger partial charge in [0.25, 0.3) is 0 Å². The van der Waals surface area contributed by atoms with Crippen molar-refractivity contribution in [3.63, 3.8) is 0 Å². The molecule has 0 radical (unpaired) electrons. The van der Waals surface area contributed by atoms with Crippen LogP contribution in [0.3, 0.4) is 0 Å². The number of aliphatic imine (C=N–C) groups is 1. The molecular weight excluding hydrogens is 489 g/mol. The molecule has 2 atom stereocenters. The highest BCUT2D eigenvalue weighted by Gasteiger charge is 2.54. The SMILES string of the molecule is CCN=C(NC1CC1(C)c1ccccc1OC)N1CCS(=O)(=O)C(C)(C)C1.I. The van der Waals surface area contributed by atoms with Gasteiger partial charge in [-0.15, -0.1) is 24.0 Å². The van der Waals surface area contributed by atoms with Gasteiger partial charge in [0.2, 0.25) is 0 Å². The molecule has 2 unspecified atom stereocenters. The van der Waals surface area contributed by atoms with Crippen LogP contribution in [-0.2, 0) is 15.3 Å². The summed E-state index contributed by atoms with van der Waals surface area (Å²) >= 11 is 0. The minimum atomic E-state index is -3.07. The summed E-state index contributed by atoms with van der Waals surface area (Å²) in [6.07, 6.45) is 0.992. The van der Waals surface area contributed by atoms with Gasteiger partial charge in [0.1, 0.15) is 5.75 Å². The maximum atomic E-state index is 12.3. The number of benzene rings is 1. The van der Waals surface area contributed by atoms with Crippen LogP contribution in [0.2, 0.25) is 0 Å². The van der Waals surface area contributed by atoms with Crippen LogP contribution >= 0.6 is 24.0 Å². The highest BCUT2D eigenvalue weighted by molar-refractivity contribution is 14.0. The summed E-state index contributed by atoms with van der Waals surface area (Å²) in [5.74, 6) is 1.88. The molecular formula is C20H32IN3O3S. The first kappa shape index (κ1) is 23.3. The molecule has 0 aromatic heterocycles. The van der Waals surface area contributed by atoms with Crippen molar-refractivity contribution in [1.29, 1.82) is 0 Å². The number of halogens is 1. The van der Waals surface area contributed by atoms with Gasteiger partial charge < -0.3 is 15.0 Å². The number of methoxy groups -OCH3 is 1. The topological polar surface area (TPSA) is 71.0 Å². The minimum Gasteiger partial charge on any atom is -0.496 e. The lowest BCUT2D eigenvalue weighted by molar-refractivity contribution is 0.351. The maximum Gasteiger partial charge on any atom is 0.194 e. The predicted octanol–water partition coefficient (Wildman–Crippen LogP) is 2.82. The van der Waals surface area contributed by atoms with Gasteiger partial charge >= 0.3 is 0 Å². The molecule has 6 nitrogen and oxygen atoms in total. The number of nitrogens with one attached hydrogen (secondary N) is 1. The summed E-state index contributed by atoms with van der Waals surface area (Å²) in [7, 11) is -1.37. The number of hydrogen-bond acceptors (Lipinski definition) is 4. The highest BCUT2D eigenvalue weighted by Crippen LogP contribution is 2.51. The molecule has 1 heterocycles. The summed E-state index contributed by atoms with van der Waals surface area (Å²) in [6.45, 7) is 9.43. The number of para-hydroxylation sites is 1. The first-order valence-corrected chi connectivity index (χ1v) is 11.2. The van der Waals surface area contributed by atoms with Gasteiger partial charge in [0, 0.05) is 36.7 Å². The third-order valence-electron chi connectivity index (χ3n) is 5.91. The standard InChI is InChI=1S/C20H31N3O3S.HI/c1-6-21-18(23-11-12-27(24,25)19(2,3)14-23)22-17-13-20(17,4)15-9-7-8-10-16(15)26-5;/h7-10,17H,6,11-14H2,1-5H3,(H,21,22);1H. The summed E-state index contributed by atoms with van der Waals surface area (Å²) in [6, 6.07) is 8.39. The maximum absolute atomic E-state index is 12.3. The molecule has 1 aliphatic heterocycles. The Kier molecular flexibility index (Phi) is 6.95. The quantitative estimate of drug-likeness (QED) is 0.375. The van der Waals surface area contributed by atoms with Gasteiger partial charge in [-0.25, -0.2) is 8.42 Å². The smallest absolute Gasteiger partial charge is 0.194 e. The zero-order chi connectivity index (χ0) is 19.9. The number of hydrogen-bond donors (Lipinski definition) is 1. The fraction of sp³-hybridized carbons (Fsp3) is 0.650. The monoisotopic (exact) mass is 521 g/mol. The van der Waals surface area contributed by atoms with E-state index in [1.54, 1.807) is 21.0 Å². The van der Waals surface area contributed by atoms with Crippen LogP contribution in [0.4, 0.5) is 0 Å². The molecule has 8 heteroatoms. The van der Waals surface area contributed by atoms with Gasteiger partial charge in [0.15, 0.2) is 15.8 Å². The number of ether oxygens (including phenoxy) is 1. The van der Waals surface area contributed by atoms with Crippen LogP contribution in [-0.4, -0.2) is 62.6 Å². The molecule has 1 saturated heterocycles. The fourth-order valence-electron chi connectivity index (χ4n) is 3.86. The molecule has 0 bridgehead atoms. The summed E-state index contributed by atoms with van der Waals surface area (Å²) in [5.41, 5.74) is 1.18. The molecule has 1 saturated carbocycles. The van der Waals surface area contributed by atoms with Crippen molar-refractivity contribution in [2.24, 2.45) is 4.99 Å². The molecule has 1 aliphatic carbocycles. The van der Waals surface area contributed by atoms with E-state index in [0.29, 0.717) is 19.6 Å². The Hall–Kier alpha value is -1.03. The normalized spacial score (nSPS) is 28.2. The van der Waals surface area contributed by atoms with Crippen LogP contribution in [0, 0.1) is 0 Å². The van der Waals surface area contributed by atoms with E-state index in [2.05, 4.69) is 28.2 Å². The van der Waals surface area contributed by atoms with E-state index in [9.17, 15) is 8.42 Å². The van der Waals surface area contributed by atoms with E-state index in [4.69, 9.17) is 4.74 Å². The van der Waals surface area contributed by atoms with E-state index in [-0.39, 0.29) is 41.2 Å². The Morgan fingerprint density at radius 1 is 1.32 bits per heavy atom. The van der Waals surface area contributed by atoms with Crippen molar-refractivity contribution in [3.05, 3.63) is 29.8 Å². The molecule has 0 amide bonds. The van der Waals surface area contributed by atoms with E-state index in [0.717, 1.165) is 18.1 Å². The van der Waals surface area contributed by atoms with E-state index >= 15 is 0 Å². The number of nitrogens with zero attached hydrogens (tertiary/aromatic N) is 2. The van der Waals surface area contributed by atoms with Crippen molar-refractivity contribution in [2.45, 2.75) is 50.3 Å². The largest absolute Gasteiger partial charge is 0.496 e. The first-order chi connectivity index (χ1) is 12.6. The molecule has 0 spiro atoms. The van der Waals surface area contributed by atoms with Crippen molar-refractivity contribution in [1.82, 2.24) is 10.2 Å². The predicted molar refractivity (Wildman–Crippen MR) is 125 cm³/mol. The second kappa shape index (κ2) is 8.38. The van der Waals surface area contributed by atoms with Gasteiger partial charge in [-0.1, -0.05) is 25.1 Å². The van der Waals surface area contributed by atoms with Crippen LogP contribution < -0.4 is 10.1 Å². The van der Waals surface area contributed by atoms with Crippen LogP contribution in [0.5, 0.6) is 5.75 Å². The van der Waals surface area contributed by atoms with Gasteiger partial charge in [-0.3, -0.25) is 4.99 Å². The zero-order valence-corrected chi connectivity index (χ0v) is 20.5. The molecule has 28 heavy (non-hydrogen) atoms. The van der Waals surface area contributed by atoms with E-state index in [1.807, 2.05) is 25.1 Å². The third-order valence-corrected chi connectivity index (χ3v) is 8.45. The molecule has 1 N–H and O–H groups in total. The second-order valence-electron chi connectivity index (χ2n) is 8.32. The summed E-state index contributed by atoms with van der Waals surface area (Å²) in [4.78, 5) is 6.74. The van der Waals surface area contributed by atoms with Crippen molar-refractivity contribution in [2.75, 3.05) is 32.5 Å². The second-order valence-corrected chi connectivity index (χ2v) is 11.1. The fourth-order valence-corrected chi connectivity index (χ4v) is 5.22. The molecule has 1 aromatic carbocycles. The van der Waals surface area contributed by atoms with Crippen molar-refractivity contribution < 1.29 is 13.2 Å². The number of guanidine groups is 1. The molecule has 158 valence electrons. The van der Waals surface area contributed by atoms with Crippen LogP contribution in [0.1, 0.15) is 39.7 Å². The van der Waals surface area contributed by atoms with Gasteiger partial charge in [-0.2, -0.15) is 0 Å². The lowest BCUT2D eigenvalue weighted by Crippen LogP contribution is -2.57. The van der Waals surface area contributed by atoms with Crippen molar-refractivity contribution >= 4 is 39.8 Å². The average molecular weight is 521 g/mol. The van der Waals surface area contributed by atoms with Crippen LogP contribution in [0.15, 0.2) is 29.3 Å². The molecule has 2 aliphatic rings. The lowest BCUT2D eigenvalue weighted by atomic mass is 9.96. The van der Waals surface area contributed by atoms with Crippen molar-refractivity contribution in [3.8, 4) is 5.75 Å². The number of sulfone groups is 1. The molecule has 1 aromatic rings. The van der Waals surface area contributed by atoms with Gasteiger partial charge in [-0.05, 0) is 33.3 Å². The minimum absolute atomic E-state index is 0. The first-order valence-electron chi connectivity index (χ1n) is 9.56. The van der Waals surface area contributed by atoms with Gasteiger partial charge in [0.05, 0.1) is 17.6 Å².